The highest BCUT2D eigenvalue weighted by Gasteiger charge is 2.22. The second kappa shape index (κ2) is 10.2. The van der Waals surface area contributed by atoms with Gasteiger partial charge in [-0.25, -0.2) is 13.2 Å². The summed E-state index contributed by atoms with van der Waals surface area (Å²) in [5.74, 6) is -0.400. The summed E-state index contributed by atoms with van der Waals surface area (Å²) < 4.78 is 36.5. The molecule has 2 aromatic carbocycles. The van der Waals surface area contributed by atoms with Crippen LogP contribution in [-0.2, 0) is 19.6 Å². The number of anilines is 1. The molecule has 1 N–H and O–H groups in total. The smallest absolute Gasteiger partial charge is 0.338 e. The normalized spacial score (nSPS) is 11.4. The van der Waals surface area contributed by atoms with Crippen LogP contribution in [-0.4, -0.2) is 50.9 Å². The summed E-state index contributed by atoms with van der Waals surface area (Å²) in [6.07, 6.45) is 0. The molecule has 0 unspecified atom stereocenters. The van der Waals surface area contributed by atoms with E-state index in [2.05, 4.69) is 5.32 Å². The minimum atomic E-state index is -3.58. The molecule has 0 saturated heterocycles. The molecular weight excluding hydrogens is 408 g/mol. The molecule has 0 radical (unpaired) electrons. The number of hydrogen-bond donors (Lipinski definition) is 1. The second-order valence-electron chi connectivity index (χ2n) is 6.72. The molecule has 0 aliphatic carbocycles. The lowest BCUT2D eigenvalue weighted by Gasteiger charge is -2.21. The van der Waals surface area contributed by atoms with Crippen LogP contribution >= 0.6 is 0 Å². The van der Waals surface area contributed by atoms with Gasteiger partial charge in [0.15, 0.2) is 6.61 Å². The Morgan fingerprint density at radius 3 is 2.17 bits per heavy atom. The Morgan fingerprint density at radius 2 is 1.63 bits per heavy atom. The number of carbonyl (C=O) groups excluding carboxylic acids is 2. The quantitative estimate of drug-likeness (QED) is 0.609. The topological polar surface area (TPSA) is 102 Å². The van der Waals surface area contributed by atoms with Crippen molar-refractivity contribution in [3.05, 3.63) is 54.1 Å². The van der Waals surface area contributed by atoms with Crippen LogP contribution in [0.4, 0.5) is 5.69 Å². The van der Waals surface area contributed by atoms with E-state index >= 15 is 0 Å². The van der Waals surface area contributed by atoms with Crippen LogP contribution in [0.15, 0.2) is 53.4 Å². The molecule has 0 aliphatic heterocycles. The van der Waals surface area contributed by atoms with E-state index in [9.17, 15) is 18.0 Å². The van der Waals surface area contributed by atoms with Gasteiger partial charge in [0.2, 0.25) is 10.0 Å². The first-order valence-corrected chi connectivity index (χ1v) is 10.9. The van der Waals surface area contributed by atoms with E-state index in [0.717, 1.165) is 0 Å². The number of rotatable bonds is 9. The number of hydrogen-bond acceptors (Lipinski definition) is 6. The second-order valence-corrected chi connectivity index (χ2v) is 8.72. The molecule has 162 valence electrons. The molecule has 30 heavy (non-hydrogen) atoms. The van der Waals surface area contributed by atoms with Crippen LogP contribution in [0.5, 0.6) is 5.75 Å². The van der Waals surface area contributed by atoms with Crippen LogP contribution in [0.3, 0.4) is 0 Å². The number of benzene rings is 2. The lowest BCUT2D eigenvalue weighted by Crippen LogP contribution is -2.33. The molecule has 0 bridgehead atoms. The van der Waals surface area contributed by atoms with E-state index in [1.165, 1.54) is 35.6 Å². The van der Waals surface area contributed by atoms with Gasteiger partial charge in [0.05, 0.1) is 17.1 Å². The molecule has 0 fully saturated rings. The number of sulfonamides is 1. The van der Waals surface area contributed by atoms with Crippen LogP contribution in [0.1, 0.15) is 31.1 Å². The molecule has 8 nitrogen and oxygen atoms in total. The van der Waals surface area contributed by atoms with Crippen molar-refractivity contribution in [2.75, 3.05) is 25.6 Å². The van der Waals surface area contributed by atoms with Crippen molar-refractivity contribution in [1.29, 1.82) is 0 Å². The van der Waals surface area contributed by atoms with Crippen molar-refractivity contribution in [1.82, 2.24) is 4.31 Å². The maximum Gasteiger partial charge on any atom is 0.338 e. The Balaban J connectivity index is 1.92. The molecule has 1 amide bonds. The molecule has 2 aromatic rings. The van der Waals surface area contributed by atoms with E-state index in [4.69, 9.17) is 9.47 Å². The highest BCUT2D eigenvalue weighted by molar-refractivity contribution is 7.89. The zero-order valence-corrected chi connectivity index (χ0v) is 18.2. The Labute approximate surface area is 176 Å². The fraction of sp³-hybridized carbons (Fsp3) is 0.333. The summed E-state index contributed by atoms with van der Waals surface area (Å²) in [4.78, 5) is 23.9. The third kappa shape index (κ3) is 6.04. The molecular formula is C21H26N2O6S. The van der Waals surface area contributed by atoms with Crippen molar-refractivity contribution in [3.8, 4) is 5.75 Å². The summed E-state index contributed by atoms with van der Waals surface area (Å²) >= 11 is 0. The molecule has 0 spiro atoms. The van der Waals surface area contributed by atoms with Crippen LogP contribution < -0.4 is 10.1 Å². The maximum absolute atomic E-state index is 12.5. The third-order valence-electron chi connectivity index (χ3n) is 4.28. The van der Waals surface area contributed by atoms with Gasteiger partial charge in [0.25, 0.3) is 5.91 Å². The highest BCUT2D eigenvalue weighted by Crippen LogP contribution is 2.19. The Hall–Kier alpha value is -2.91. The monoisotopic (exact) mass is 434 g/mol. The summed E-state index contributed by atoms with van der Waals surface area (Å²) in [6, 6.07) is 12.0. The number of nitrogens with zero attached hydrogens (tertiary/aromatic N) is 1. The van der Waals surface area contributed by atoms with E-state index in [-0.39, 0.29) is 17.5 Å². The molecule has 2 rings (SSSR count). The molecule has 0 aromatic heterocycles. The van der Waals surface area contributed by atoms with Crippen LogP contribution in [0.25, 0.3) is 0 Å². The predicted molar refractivity (Wildman–Crippen MR) is 113 cm³/mol. The van der Waals surface area contributed by atoms with Gasteiger partial charge in [-0.15, -0.1) is 0 Å². The maximum atomic E-state index is 12.5. The van der Waals surface area contributed by atoms with Gasteiger partial charge < -0.3 is 14.8 Å². The Bertz CT molecular complexity index is 970. The Morgan fingerprint density at radius 1 is 1.03 bits per heavy atom. The van der Waals surface area contributed by atoms with Gasteiger partial charge >= 0.3 is 5.97 Å². The van der Waals surface area contributed by atoms with E-state index in [1.807, 2.05) is 0 Å². The van der Waals surface area contributed by atoms with E-state index in [0.29, 0.717) is 23.6 Å². The van der Waals surface area contributed by atoms with Crippen molar-refractivity contribution in [2.45, 2.75) is 31.7 Å². The lowest BCUT2D eigenvalue weighted by atomic mass is 10.2. The van der Waals surface area contributed by atoms with Crippen molar-refractivity contribution < 1.29 is 27.5 Å². The van der Waals surface area contributed by atoms with Crippen molar-refractivity contribution in [3.63, 3.8) is 0 Å². The first kappa shape index (κ1) is 23.4. The lowest BCUT2D eigenvalue weighted by molar-refractivity contribution is -0.118. The van der Waals surface area contributed by atoms with Crippen molar-refractivity contribution >= 4 is 27.6 Å². The number of ether oxygens (including phenoxy) is 2. The van der Waals surface area contributed by atoms with Gasteiger partial charge in [-0.3, -0.25) is 4.79 Å². The highest BCUT2D eigenvalue weighted by atomic mass is 32.2. The van der Waals surface area contributed by atoms with Gasteiger partial charge in [0.1, 0.15) is 5.75 Å². The molecule has 0 aliphatic rings. The van der Waals surface area contributed by atoms with Crippen LogP contribution in [0.2, 0.25) is 0 Å². The summed E-state index contributed by atoms with van der Waals surface area (Å²) in [6.45, 7) is 5.35. The summed E-state index contributed by atoms with van der Waals surface area (Å²) in [7, 11) is -2.06. The fourth-order valence-corrected chi connectivity index (χ4v) is 3.77. The van der Waals surface area contributed by atoms with Gasteiger partial charge in [0, 0.05) is 18.8 Å². The zero-order chi connectivity index (χ0) is 22.3. The number of amides is 1. The zero-order valence-electron chi connectivity index (χ0n) is 17.4. The number of esters is 1. The third-order valence-corrected chi connectivity index (χ3v) is 6.33. The number of nitrogens with one attached hydrogen (secondary N) is 1. The molecule has 0 saturated carbocycles. The average Bonchev–Trinajstić information content (AvgIpc) is 2.72. The van der Waals surface area contributed by atoms with Crippen molar-refractivity contribution in [2.24, 2.45) is 0 Å². The van der Waals surface area contributed by atoms with Gasteiger partial charge in [-0.1, -0.05) is 0 Å². The largest absolute Gasteiger partial charge is 0.484 e. The first-order chi connectivity index (χ1) is 14.1. The predicted octanol–water partition coefficient (Wildman–Crippen LogP) is 2.91. The molecule has 0 heterocycles. The fourth-order valence-electron chi connectivity index (χ4n) is 2.40. The van der Waals surface area contributed by atoms with E-state index in [1.54, 1.807) is 45.0 Å². The summed E-state index contributed by atoms with van der Waals surface area (Å²) in [5, 5.41) is 2.64. The molecule has 9 heteroatoms. The molecule has 0 atom stereocenters. The Kier molecular flexibility index (Phi) is 7.96. The SMILES string of the molecule is CCOC(=O)c1ccc(OCC(=O)Nc2ccc(S(=O)(=O)N(C)C(C)C)cc2)cc1. The first-order valence-electron chi connectivity index (χ1n) is 9.43. The van der Waals surface area contributed by atoms with E-state index < -0.39 is 21.9 Å². The number of carbonyl (C=O) groups is 2. The minimum absolute atomic E-state index is 0.148. The van der Waals surface area contributed by atoms with Crippen LogP contribution in [0, 0.1) is 0 Å². The van der Waals surface area contributed by atoms with Gasteiger partial charge in [-0.2, -0.15) is 4.31 Å². The van der Waals surface area contributed by atoms with Gasteiger partial charge in [-0.05, 0) is 69.3 Å². The minimum Gasteiger partial charge on any atom is -0.484 e. The standard InChI is InChI=1S/C21H26N2O6S/c1-5-28-21(25)16-6-10-18(11-7-16)29-14-20(24)22-17-8-12-19(13-9-17)30(26,27)23(4)15(2)3/h6-13,15H,5,14H2,1-4H3,(H,22,24). The summed E-state index contributed by atoms with van der Waals surface area (Å²) in [5.41, 5.74) is 0.846. The average molecular weight is 435 g/mol.